The highest BCUT2D eigenvalue weighted by molar-refractivity contribution is 5.81. The summed E-state index contributed by atoms with van der Waals surface area (Å²) in [5.41, 5.74) is 0. The summed E-state index contributed by atoms with van der Waals surface area (Å²) in [5, 5.41) is 8.93. The molecule has 1 saturated heterocycles. The van der Waals surface area contributed by atoms with E-state index >= 15 is 0 Å². The van der Waals surface area contributed by atoms with Crippen LogP contribution < -0.4 is 16.0 Å². The van der Waals surface area contributed by atoms with E-state index in [9.17, 15) is 9.59 Å². The van der Waals surface area contributed by atoms with Crippen molar-refractivity contribution in [2.24, 2.45) is 0 Å². The first-order valence-electron chi connectivity index (χ1n) is 6.44. The third-order valence-corrected chi connectivity index (χ3v) is 2.97. The number of nitrogens with one attached hydrogen (secondary N) is 3. The summed E-state index contributed by atoms with van der Waals surface area (Å²) in [6.07, 6.45) is 3.44. The van der Waals surface area contributed by atoms with E-state index in [1.807, 2.05) is 6.92 Å². The number of amides is 2. The van der Waals surface area contributed by atoms with Gasteiger partial charge >= 0.3 is 0 Å². The Labute approximate surface area is 103 Å². The SMILES string of the molecule is CCCCNC(=O)C(C)NC1CCC(=O)NC1. The minimum Gasteiger partial charge on any atom is -0.355 e. The summed E-state index contributed by atoms with van der Waals surface area (Å²) >= 11 is 0. The molecule has 0 aromatic rings. The highest BCUT2D eigenvalue weighted by atomic mass is 16.2. The molecule has 3 N–H and O–H groups in total. The average Bonchev–Trinajstić information content (AvgIpc) is 2.32. The van der Waals surface area contributed by atoms with Gasteiger partial charge in [0.1, 0.15) is 0 Å². The van der Waals surface area contributed by atoms with Crippen molar-refractivity contribution in [3.05, 3.63) is 0 Å². The standard InChI is InChI=1S/C12H23N3O2/c1-3-4-7-13-12(17)9(2)15-10-5-6-11(16)14-8-10/h9-10,15H,3-8H2,1-2H3,(H,13,17)(H,14,16). The molecule has 1 aliphatic rings. The third kappa shape index (κ3) is 5.17. The van der Waals surface area contributed by atoms with Crippen LogP contribution in [0, 0.1) is 0 Å². The van der Waals surface area contributed by atoms with E-state index in [0.717, 1.165) is 25.8 Å². The van der Waals surface area contributed by atoms with Gasteiger partial charge in [0.05, 0.1) is 6.04 Å². The Hall–Kier alpha value is -1.10. The van der Waals surface area contributed by atoms with Crippen molar-refractivity contribution >= 4 is 11.8 Å². The fourth-order valence-corrected chi connectivity index (χ4v) is 1.85. The van der Waals surface area contributed by atoms with E-state index in [1.54, 1.807) is 0 Å². The Bertz CT molecular complexity index is 258. The number of rotatable bonds is 6. The van der Waals surface area contributed by atoms with Crippen LogP contribution in [0.2, 0.25) is 0 Å². The van der Waals surface area contributed by atoms with Crippen molar-refractivity contribution < 1.29 is 9.59 Å². The fourth-order valence-electron chi connectivity index (χ4n) is 1.85. The maximum Gasteiger partial charge on any atom is 0.236 e. The van der Waals surface area contributed by atoms with Crippen LogP contribution in [0.4, 0.5) is 0 Å². The molecule has 17 heavy (non-hydrogen) atoms. The topological polar surface area (TPSA) is 70.2 Å². The Balaban J connectivity index is 2.21. The molecule has 0 radical (unpaired) electrons. The smallest absolute Gasteiger partial charge is 0.236 e. The molecule has 5 nitrogen and oxygen atoms in total. The van der Waals surface area contributed by atoms with Crippen molar-refractivity contribution in [2.75, 3.05) is 13.1 Å². The van der Waals surface area contributed by atoms with Crippen molar-refractivity contribution in [1.82, 2.24) is 16.0 Å². The lowest BCUT2D eigenvalue weighted by atomic mass is 10.1. The lowest BCUT2D eigenvalue weighted by Gasteiger charge is -2.26. The van der Waals surface area contributed by atoms with E-state index < -0.39 is 0 Å². The molecule has 98 valence electrons. The molecule has 2 unspecified atom stereocenters. The quantitative estimate of drug-likeness (QED) is 0.580. The Morgan fingerprint density at radius 1 is 1.59 bits per heavy atom. The molecule has 1 aliphatic heterocycles. The van der Waals surface area contributed by atoms with E-state index in [4.69, 9.17) is 0 Å². The molecular weight excluding hydrogens is 218 g/mol. The molecule has 1 fully saturated rings. The van der Waals surface area contributed by atoms with Crippen LogP contribution in [0.25, 0.3) is 0 Å². The Morgan fingerprint density at radius 2 is 2.35 bits per heavy atom. The number of unbranched alkanes of at least 4 members (excludes halogenated alkanes) is 1. The number of piperidine rings is 1. The van der Waals surface area contributed by atoms with Gasteiger partial charge in [0, 0.05) is 25.6 Å². The van der Waals surface area contributed by atoms with Crippen LogP contribution in [0.15, 0.2) is 0 Å². The zero-order valence-corrected chi connectivity index (χ0v) is 10.7. The third-order valence-electron chi connectivity index (χ3n) is 2.97. The van der Waals surface area contributed by atoms with E-state index in [1.165, 1.54) is 0 Å². The van der Waals surface area contributed by atoms with Gasteiger partial charge in [0.25, 0.3) is 0 Å². The second-order valence-corrected chi connectivity index (χ2v) is 4.57. The zero-order valence-electron chi connectivity index (χ0n) is 10.7. The van der Waals surface area contributed by atoms with Crippen LogP contribution in [0.1, 0.15) is 39.5 Å². The van der Waals surface area contributed by atoms with Gasteiger partial charge in [-0.25, -0.2) is 0 Å². The summed E-state index contributed by atoms with van der Waals surface area (Å²) in [6.45, 7) is 5.31. The summed E-state index contributed by atoms with van der Waals surface area (Å²) in [4.78, 5) is 22.7. The lowest BCUT2D eigenvalue weighted by Crippen LogP contribution is -2.52. The molecule has 0 spiro atoms. The average molecular weight is 241 g/mol. The normalized spacial score (nSPS) is 21.8. The molecule has 2 amide bonds. The summed E-state index contributed by atoms with van der Waals surface area (Å²) in [6, 6.07) is 0.00600. The van der Waals surface area contributed by atoms with E-state index in [-0.39, 0.29) is 23.9 Å². The Kier molecular flexibility index (Phi) is 5.97. The predicted octanol–water partition coefficient (Wildman–Crippen LogP) is 0.159. The molecule has 0 aromatic heterocycles. The first kappa shape index (κ1) is 14.0. The highest BCUT2D eigenvalue weighted by Gasteiger charge is 2.21. The van der Waals surface area contributed by atoms with Gasteiger partial charge in [-0.15, -0.1) is 0 Å². The molecular formula is C12H23N3O2. The van der Waals surface area contributed by atoms with Crippen LogP contribution in [-0.4, -0.2) is 37.0 Å². The van der Waals surface area contributed by atoms with Crippen LogP contribution in [0.3, 0.4) is 0 Å². The van der Waals surface area contributed by atoms with Gasteiger partial charge in [-0.3, -0.25) is 9.59 Å². The second kappa shape index (κ2) is 7.27. The maximum atomic E-state index is 11.7. The molecule has 1 rings (SSSR count). The van der Waals surface area contributed by atoms with Gasteiger partial charge in [0.15, 0.2) is 0 Å². The second-order valence-electron chi connectivity index (χ2n) is 4.57. The van der Waals surface area contributed by atoms with Crippen LogP contribution >= 0.6 is 0 Å². The largest absolute Gasteiger partial charge is 0.355 e. The molecule has 1 heterocycles. The van der Waals surface area contributed by atoms with Gasteiger partial charge in [-0.05, 0) is 19.8 Å². The van der Waals surface area contributed by atoms with Crippen LogP contribution in [0.5, 0.6) is 0 Å². The number of hydrogen-bond donors (Lipinski definition) is 3. The van der Waals surface area contributed by atoms with Crippen molar-refractivity contribution in [3.8, 4) is 0 Å². The highest BCUT2D eigenvalue weighted by Crippen LogP contribution is 2.03. The maximum absolute atomic E-state index is 11.7. The molecule has 0 saturated carbocycles. The summed E-state index contributed by atoms with van der Waals surface area (Å²) in [5.74, 6) is 0.137. The molecule has 0 aromatic carbocycles. The number of carbonyl (C=O) groups is 2. The number of carbonyl (C=O) groups excluding carboxylic acids is 2. The Morgan fingerprint density at radius 3 is 2.94 bits per heavy atom. The molecule has 5 heteroatoms. The van der Waals surface area contributed by atoms with Gasteiger partial charge in [-0.1, -0.05) is 13.3 Å². The van der Waals surface area contributed by atoms with Gasteiger partial charge < -0.3 is 16.0 Å². The van der Waals surface area contributed by atoms with Gasteiger partial charge in [0.2, 0.25) is 11.8 Å². The first-order chi connectivity index (χ1) is 8.13. The van der Waals surface area contributed by atoms with E-state index in [2.05, 4.69) is 22.9 Å². The first-order valence-corrected chi connectivity index (χ1v) is 6.44. The van der Waals surface area contributed by atoms with Crippen molar-refractivity contribution in [3.63, 3.8) is 0 Å². The minimum atomic E-state index is -0.202. The summed E-state index contributed by atoms with van der Waals surface area (Å²) in [7, 11) is 0. The zero-order chi connectivity index (χ0) is 12.7. The van der Waals surface area contributed by atoms with Gasteiger partial charge in [-0.2, -0.15) is 0 Å². The lowest BCUT2D eigenvalue weighted by molar-refractivity contribution is -0.123. The van der Waals surface area contributed by atoms with Crippen molar-refractivity contribution in [2.45, 2.75) is 51.6 Å². The summed E-state index contributed by atoms with van der Waals surface area (Å²) < 4.78 is 0. The predicted molar refractivity (Wildman–Crippen MR) is 66.5 cm³/mol. The van der Waals surface area contributed by atoms with E-state index in [0.29, 0.717) is 13.0 Å². The monoisotopic (exact) mass is 241 g/mol. The van der Waals surface area contributed by atoms with Crippen molar-refractivity contribution in [1.29, 1.82) is 0 Å². The molecule has 0 bridgehead atoms. The molecule has 2 atom stereocenters. The number of hydrogen-bond acceptors (Lipinski definition) is 3. The molecule has 0 aliphatic carbocycles. The fraction of sp³-hybridized carbons (Fsp3) is 0.833. The van der Waals surface area contributed by atoms with Crippen LogP contribution in [-0.2, 0) is 9.59 Å². The minimum absolute atomic E-state index is 0.0374.